The summed E-state index contributed by atoms with van der Waals surface area (Å²) in [7, 11) is 1.58. The van der Waals surface area contributed by atoms with Crippen LogP contribution in [-0.4, -0.2) is 43.8 Å². The minimum absolute atomic E-state index is 0.118. The molecule has 2 fully saturated rings. The molecule has 6 nitrogen and oxygen atoms in total. The highest BCUT2D eigenvalue weighted by Crippen LogP contribution is 2.53. The summed E-state index contributed by atoms with van der Waals surface area (Å²) in [4.78, 5) is 27.6. The summed E-state index contributed by atoms with van der Waals surface area (Å²) in [6.07, 6.45) is 3.43. The number of esters is 1. The Morgan fingerprint density at radius 3 is 2.88 bits per heavy atom. The number of para-hydroxylation sites is 2. The number of carbonyl (C=O) groups is 2. The molecule has 0 saturated carbocycles. The summed E-state index contributed by atoms with van der Waals surface area (Å²) in [6, 6.07) is 7.38. The second-order valence-electron chi connectivity index (χ2n) is 7.52. The van der Waals surface area contributed by atoms with E-state index in [1.54, 1.807) is 12.0 Å². The zero-order valence-corrected chi connectivity index (χ0v) is 15.2. The molecule has 4 atom stereocenters. The number of fused-ring (bicyclic) bond motifs is 1. The first-order valence-corrected chi connectivity index (χ1v) is 8.95. The number of hydrogen-bond donors (Lipinski definition) is 0. The van der Waals surface area contributed by atoms with E-state index < -0.39 is 17.4 Å². The first-order valence-electron chi connectivity index (χ1n) is 8.95. The fraction of sp³-hybridized carbons (Fsp3) is 0.500. The normalized spacial score (nSPS) is 31.6. The lowest BCUT2D eigenvalue weighted by molar-refractivity contribution is -0.153. The van der Waals surface area contributed by atoms with Crippen LogP contribution in [0, 0.1) is 17.8 Å². The van der Waals surface area contributed by atoms with Crippen LogP contribution < -0.4 is 9.64 Å². The third kappa shape index (κ3) is 2.43. The monoisotopic (exact) mass is 357 g/mol. The van der Waals surface area contributed by atoms with Crippen molar-refractivity contribution in [3.8, 4) is 5.75 Å². The van der Waals surface area contributed by atoms with Gasteiger partial charge in [0.2, 0.25) is 5.91 Å². The van der Waals surface area contributed by atoms with Gasteiger partial charge in [0.25, 0.3) is 0 Å². The van der Waals surface area contributed by atoms with Gasteiger partial charge in [0.1, 0.15) is 17.3 Å². The molecule has 2 bridgehead atoms. The predicted molar refractivity (Wildman–Crippen MR) is 94.9 cm³/mol. The second kappa shape index (κ2) is 6.13. The van der Waals surface area contributed by atoms with Gasteiger partial charge in [-0.05, 0) is 18.1 Å². The molecular formula is C20H23NO5. The Labute approximate surface area is 152 Å². The maximum Gasteiger partial charge on any atom is 0.312 e. The van der Waals surface area contributed by atoms with Gasteiger partial charge in [0.05, 0.1) is 38.0 Å². The fourth-order valence-electron chi connectivity index (χ4n) is 4.17. The maximum atomic E-state index is 13.2. The molecule has 4 rings (SSSR count). The minimum Gasteiger partial charge on any atom is -0.495 e. The largest absolute Gasteiger partial charge is 0.495 e. The van der Waals surface area contributed by atoms with Crippen molar-refractivity contribution in [2.24, 2.45) is 17.8 Å². The summed E-state index contributed by atoms with van der Waals surface area (Å²) >= 11 is 0. The zero-order valence-electron chi connectivity index (χ0n) is 15.2. The van der Waals surface area contributed by atoms with Crippen LogP contribution in [0.3, 0.4) is 0 Å². The Morgan fingerprint density at radius 1 is 1.38 bits per heavy atom. The number of amides is 1. The molecule has 138 valence electrons. The predicted octanol–water partition coefficient (Wildman–Crippen LogP) is 2.18. The Hall–Kier alpha value is -2.34. The van der Waals surface area contributed by atoms with Crippen molar-refractivity contribution in [2.45, 2.75) is 25.6 Å². The molecule has 0 aliphatic carbocycles. The molecule has 0 aromatic heterocycles. The third-order valence-electron chi connectivity index (χ3n) is 5.31. The van der Waals surface area contributed by atoms with Crippen molar-refractivity contribution in [3.63, 3.8) is 0 Å². The molecule has 3 heterocycles. The van der Waals surface area contributed by atoms with Crippen LogP contribution >= 0.6 is 0 Å². The van der Waals surface area contributed by atoms with Crippen LogP contribution in [0.4, 0.5) is 5.69 Å². The van der Waals surface area contributed by atoms with Crippen LogP contribution in [0.5, 0.6) is 5.75 Å². The summed E-state index contributed by atoms with van der Waals surface area (Å²) in [5.74, 6) is -0.752. The molecule has 3 aliphatic rings. The van der Waals surface area contributed by atoms with E-state index in [2.05, 4.69) is 0 Å². The zero-order chi connectivity index (χ0) is 18.5. The van der Waals surface area contributed by atoms with E-state index in [1.807, 2.05) is 50.3 Å². The molecule has 1 aromatic carbocycles. The van der Waals surface area contributed by atoms with Crippen LogP contribution in [0.25, 0.3) is 0 Å². The van der Waals surface area contributed by atoms with Gasteiger partial charge in [0, 0.05) is 0 Å². The van der Waals surface area contributed by atoms with Gasteiger partial charge < -0.3 is 19.1 Å². The number of carbonyl (C=O) groups excluding carboxylic acids is 2. The van der Waals surface area contributed by atoms with E-state index in [0.717, 1.165) is 0 Å². The fourth-order valence-corrected chi connectivity index (χ4v) is 4.17. The first kappa shape index (κ1) is 17.1. The molecule has 0 radical (unpaired) electrons. The van der Waals surface area contributed by atoms with E-state index in [1.165, 1.54) is 0 Å². The number of methoxy groups -OCH3 is 1. The van der Waals surface area contributed by atoms with Crippen molar-refractivity contribution in [1.29, 1.82) is 0 Å². The third-order valence-corrected chi connectivity index (χ3v) is 5.31. The van der Waals surface area contributed by atoms with Crippen molar-refractivity contribution in [3.05, 3.63) is 36.4 Å². The quantitative estimate of drug-likeness (QED) is 0.597. The number of rotatable bonds is 5. The van der Waals surface area contributed by atoms with Gasteiger partial charge in [0.15, 0.2) is 0 Å². The lowest BCUT2D eigenvalue weighted by Gasteiger charge is -2.23. The smallest absolute Gasteiger partial charge is 0.312 e. The van der Waals surface area contributed by atoms with Crippen LogP contribution in [0.1, 0.15) is 13.8 Å². The van der Waals surface area contributed by atoms with Gasteiger partial charge in [-0.2, -0.15) is 0 Å². The lowest BCUT2D eigenvalue weighted by atomic mass is 9.77. The number of nitrogens with zero attached hydrogens (tertiary/aromatic N) is 1. The van der Waals surface area contributed by atoms with E-state index in [9.17, 15) is 9.59 Å². The van der Waals surface area contributed by atoms with Crippen LogP contribution in [-0.2, 0) is 19.1 Å². The van der Waals surface area contributed by atoms with E-state index in [-0.39, 0.29) is 23.9 Å². The molecular weight excluding hydrogens is 334 g/mol. The maximum absolute atomic E-state index is 13.2. The van der Waals surface area contributed by atoms with Gasteiger partial charge in [-0.15, -0.1) is 0 Å². The molecule has 26 heavy (non-hydrogen) atoms. The second-order valence-corrected chi connectivity index (χ2v) is 7.52. The average Bonchev–Trinajstić information content (AvgIpc) is 3.28. The van der Waals surface area contributed by atoms with Crippen molar-refractivity contribution < 1.29 is 23.8 Å². The number of benzene rings is 1. The first-order chi connectivity index (χ1) is 12.5. The Balaban J connectivity index is 1.64. The summed E-state index contributed by atoms with van der Waals surface area (Å²) in [5.41, 5.74) is -0.0667. The molecule has 0 N–H and O–H groups in total. The van der Waals surface area contributed by atoms with Crippen molar-refractivity contribution in [2.75, 3.05) is 25.2 Å². The summed E-state index contributed by atoms with van der Waals surface area (Å²) < 4.78 is 16.9. The van der Waals surface area contributed by atoms with E-state index in [4.69, 9.17) is 14.2 Å². The SMILES string of the molecule is COc1ccccc1N1C[C@@]23C=C[C@@H](O2)[C@@H](C(=O)OCC(C)C)[C@@H]3C1=O. The molecule has 0 unspecified atom stereocenters. The highest BCUT2D eigenvalue weighted by Gasteiger charge is 2.67. The van der Waals surface area contributed by atoms with Gasteiger partial charge in [-0.25, -0.2) is 0 Å². The number of ether oxygens (including phenoxy) is 3. The summed E-state index contributed by atoms with van der Waals surface area (Å²) in [6.45, 7) is 4.68. The van der Waals surface area contributed by atoms with Crippen molar-refractivity contribution >= 4 is 17.6 Å². The van der Waals surface area contributed by atoms with Gasteiger partial charge in [-0.3, -0.25) is 9.59 Å². The summed E-state index contributed by atoms with van der Waals surface area (Å²) in [5, 5.41) is 0. The van der Waals surface area contributed by atoms with E-state index in [0.29, 0.717) is 24.6 Å². The molecule has 6 heteroatoms. The standard InChI is InChI=1S/C20H23NO5/c1-12(2)10-25-19(23)16-15-8-9-20(26-15)11-21(18(22)17(16)20)13-6-4-5-7-14(13)24-3/h4-9,12,15-17H,10-11H2,1-3H3/t15-,16-,17-,20-/m1/s1. The molecule has 3 aliphatic heterocycles. The van der Waals surface area contributed by atoms with Crippen LogP contribution in [0.15, 0.2) is 36.4 Å². The van der Waals surface area contributed by atoms with Gasteiger partial charge >= 0.3 is 5.97 Å². The Kier molecular flexibility index (Phi) is 4.03. The molecule has 1 spiro atoms. The Bertz CT molecular complexity index is 773. The molecule has 2 saturated heterocycles. The number of hydrogen-bond acceptors (Lipinski definition) is 5. The molecule has 1 aromatic rings. The lowest BCUT2D eigenvalue weighted by Crippen LogP contribution is -2.40. The van der Waals surface area contributed by atoms with Crippen molar-refractivity contribution in [1.82, 2.24) is 0 Å². The van der Waals surface area contributed by atoms with Gasteiger partial charge in [-0.1, -0.05) is 38.1 Å². The molecule has 1 amide bonds. The highest BCUT2D eigenvalue weighted by atomic mass is 16.6. The highest BCUT2D eigenvalue weighted by molar-refractivity contribution is 6.03. The topological polar surface area (TPSA) is 65.1 Å². The van der Waals surface area contributed by atoms with Crippen LogP contribution in [0.2, 0.25) is 0 Å². The minimum atomic E-state index is -0.760. The average molecular weight is 357 g/mol. The van der Waals surface area contributed by atoms with E-state index >= 15 is 0 Å². The Morgan fingerprint density at radius 2 is 2.15 bits per heavy atom. The number of anilines is 1.